The lowest BCUT2D eigenvalue weighted by molar-refractivity contribution is 0.111. The van der Waals surface area contributed by atoms with E-state index >= 15 is 0 Å². The molecule has 0 aromatic heterocycles. The van der Waals surface area contributed by atoms with E-state index < -0.39 is 0 Å². The summed E-state index contributed by atoms with van der Waals surface area (Å²) in [6.45, 7) is 5.78. The van der Waals surface area contributed by atoms with Crippen LogP contribution in [-0.4, -0.2) is 29.8 Å². The van der Waals surface area contributed by atoms with Gasteiger partial charge in [0.15, 0.2) is 0 Å². The third-order valence-corrected chi connectivity index (χ3v) is 5.34. The summed E-state index contributed by atoms with van der Waals surface area (Å²) in [4.78, 5) is 0. The first kappa shape index (κ1) is 14.3. The fourth-order valence-corrected chi connectivity index (χ4v) is 3.65. The number of hydrogen-bond acceptors (Lipinski definition) is 3. The van der Waals surface area contributed by atoms with Gasteiger partial charge in [0.05, 0.1) is 0 Å². The smallest absolute Gasteiger partial charge is 0.0474 e. The van der Waals surface area contributed by atoms with Crippen LogP contribution < -0.4 is 11.1 Å². The lowest BCUT2D eigenvalue weighted by atomic mass is 9.69. The lowest BCUT2D eigenvalue weighted by Gasteiger charge is -2.45. The molecular formula is C15H30N2O. The van der Waals surface area contributed by atoms with Gasteiger partial charge < -0.3 is 16.2 Å². The molecule has 0 saturated heterocycles. The zero-order valence-electron chi connectivity index (χ0n) is 12.0. The molecule has 2 saturated carbocycles. The molecule has 106 valence electrons. The van der Waals surface area contributed by atoms with Crippen molar-refractivity contribution in [1.82, 2.24) is 5.32 Å². The van der Waals surface area contributed by atoms with Crippen LogP contribution in [0.4, 0.5) is 0 Å². The van der Waals surface area contributed by atoms with Gasteiger partial charge >= 0.3 is 0 Å². The van der Waals surface area contributed by atoms with Crippen LogP contribution in [0.5, 0.6) is 0 Å². The highest BCUT2D eigenvalue weighted by atomic mass is 16.3. The summed E-state index contributed by atoms with van der Waals surface area (Å²) in [5, 5.41) is 13.3. The van der Waals surface area contributed by atoms with E-state index in [0.29, 0.717) is 24.0 Å². The molecule has 0 aliphatic heterocycles. The predicted octanol–water partition coefficient (Wildman–Crippen LogP) is 2.03. The minimum atomic E-state index is 0.137. The van der Waals surface area contributed by atoms with Crippen LogP contribution in [0, 0.1) is 11.3 Å². The van der Waals surface area contributed by atoms with Gasteiger partial charge in [-0.3, -0.25) is 0 Å². The summed E-state index contributed by atoms with van der Waals surface area (Å²) < 4.78 is 0. The van der Waals surface area contributed by atoms with Crippen molar-refractivity contribution in [3.05, 3.63) is 0 Å². The molecule has 18 heavy (non-hydrogen) atoms. The van der Waals surface area contributed by atoms with E-state index in [9.17, 15) is 5.11 Å². The van der Waals surface area contributed by atoms with E-state index in [2.05, 4.69) is 19.2 Å². The number of aliphatic hydroxyl groups excluding tert-OH is 1. The molecule has 0 aromatic carbocycles. The van der Waals surface area contributed by atoms with Crippen LogP contribution in [0.25, 0.3) is 0 Å². The monoisotopic (exact) mass is 254 g/mol. The number of nitrogens with one attached hydrogen (secondary N) is 1. The number of hydrogen-bond donors (Lipinski definition) is 3. The number of rotatable bonds is 4. The van der Waals surface area contributed by atoms with Crippen molar-refractivity contribution in [2.75, 3.05) is 13.2 Å². The molecule has 0 aromatic rings. The molecule has 0 heterocycles. The first-order chi connectivity index (χ1) is 8.50. The maximum absolute atomic E-state index is 9.43. The molecule has 2 atom stereocenters. The van der Waals surface area contributed by atoms with Gasteiger partial charge in [-0.05, 0) is 49.9 Å². The minimum absolute atomic E-state index is 0.137. The van der Waals surface area contributed by atoms with Crippen LogP contribution in [0.15, 0.2) is 0 Å². The van der Waals surface area contributed by atoms with Crippen LogP contribution in [-0.2, 0) is 0 Å². The first-order valence-corrected chi connectivity index (χ1v) is 7.59. The van der Waals surface area contributed by atoms with Crippen LogP contribution in [0.3, 0.4) is 0 Å². The van der Waals surface area contributed by atoms with Gasteiger partial charge in [-0.15, -0.1) is 0 Å². The molecule has 3 nitrogen and oxygen atoms in total. The Kier molecular flexibility index (Phi) is 4.35. The Balaban J connectivity index is 1.96. The van der Waals surface area contributed by atoms with E-state index in [1.165, 1.54) is 44.9 Å². The van der Waals surface area contributed by atoms with Crippen LogP contribution in [0.2, 0.25) is 0 Å². The van der Waals surface area contributed by atoms with Crippen molar-refractivity contribution >= 4 is 0 Å². The van der Waals surface area contributed by atoms with E-state index in [4.69, 9.17) is 5.73 Å². The summed E-state index contributed by atoms with van der Waals surface area (Å²) in [5.74, 6) is 0.448. The largest absolute Gasteiger partial charge is 0.396 e. The van der Waals surface area contributed by atoms with E-state index in [-0.39, 0.29) is 5.54 Å². The summed E-state index contributed by atoms with van der Waals surface area (Å²) in [7, 11) is 0. The van der Waals surface area contributed by atoms with Gasteiger partial charge in [0, 0.05) is 24.7 Å². The fraction of sp³-hybridized carbons (Fsp3) is 1.00. The molecule has 2 aliphatic rings. The second kappa shape index (κ2) is 5.48. The van der Waals surface area contributed by atoms with Gasteiger partial charge in [0.2, 0.25) is 0 Å². The second-order valence-corrected chi connectivity index (χ2v) is 7.27. The average Bonchev–Trinajstić information content (AvgIpc) is 2.79. The highest BCUT2D eigenvalue weighted by molar-refractivity contribution is 4.99. The van der Waals surface area contributed by atoms with Gasteiger partial charge in [-0.1, -0.05) is 20.3 Å². The SMILES string of the molecule is CC1(C)CCC(CN)(NC2CCCC2CO)CC1. The predicted molar refractivity (Wildman–Crippen MR) is 75.4 cm³/mol. The van der Waals surface area contributed by atoms with Crippen molar-refractivity contribution < 1.29 is 5.11 Å². The molecule has 0 bridgehead atoms. The Bertz CT molecular complexity index is 268. The quantitative estimate of drug-likeness (QED) is 0.719. The third-order valence-electron chi connectivity index (χ3n) is 5.34. The number of nitrogens with two attached hydrogens (primary N) is 1. The molecule has 2 unspecified atom stereocenters. The number of aliphatic hydroxyl groups is 1. The van der Waals surface area contributed by atoms with E-state index in [0.717, 1.165) is 6.54 Å². The highest BCUT2D eigenvalue weighted by Gasteiger charge is 2.40. The Morgan fingerprint density at radius 1 is 1.17 bits per heavy atom. The normalized spacial score (nSPS) is 34.7. The zero-order chi connectivity index (χ0) is 13.2. The molecule has 4 N–H and O–H groups in total. The van der Waals surface area contributed by atoms with Gasteiger partial charge in [0.25, 0.3) is 0 Å². The summed E-state index contributed by atoms with van der Waals surface area (Å²) in [6, 6.07) is 0.486. The maximum atomic E-state index is 9.43. The molecule has 2 rings (SSSR count). The van der Waals surface area contributed by atoms with Crippen molar-refractivity contribution in [2.24, 2.45) is 17.1 Å². The summed E-state index contributed by atoms with van der Waals surface area (Å²) in [6.07, 6.45) is 8.50. The standard InChI is InChI=1S/C15H30N2O/c1-14(2)6-8-15(11-16,9-7-14)17-13-5-3-4-12(13)10-18/h12-13,17-18H,3-11,16H2,1-2H3. The molecule has 2 fully saturated rings. The maximum Gasteiger partial charge on any atom is 0.0474 e. The Labute approximate surface area is 112 Å². The third kappa shape index (κ3) is 3.06. The molecule has 3 heteroatoms. The average molecular weight is 254 g/mol. The zero-order valence-corrected chi connectivity index (χ0v) is 12.0. The molecule has 0 spiro atoms. The van der Waals surface area contributed by atoms with Crippen molar-refractivity contribution in [3.63, 3.8) is 0 Å². The Morgan fingerprint density at radius 3 is 2.39 bits per heavy atom. The van der Waals surface area contributed by atoms with Gasteiger partial charge in [-0.2, -0.15) is 0 Å². The first-order valence-electron chi connectivity index (χ1n) is 7.59. The van der Waals surface area contributed by atoms with Crippen molar-refractivity contribution in [2.45, 2.75) is 70.4 Å². The lowest BCUT2D eigenvalue weighted by Crippen LogP contribution is -2.58. The highest BCUT2D eigenvalue weighted by Crippen LogP contribution is 2.41. The molecule has 0 radical (unpaired) electrons. The molecule has 0 amide bonds. The topological polar surface area (TPSA) is 58.3 Å². The minimum Gasteiger partial charge on any atom is -0.396 e. The van der Waals surface area contributed by atoms with Gasteiger partial charge in [0.1, 0.15) is 0 Å². The fourth-order valence-electron chi connectivity index (χ4n) is 3.65. The van der Waals surface area contributed by atoms with E-state index in [1.807, 2.05) is 0 Å². The summed E-state index contributed by atoms with van der Waals surface area (Å²) in [5.41, 5.74) is 6.68. The van der Waals surface area contributed by atoms with Crippen LogP contribution >= 0.6 is 0 Å². The van der Waals surface area contributed by atoms with Crippen molar-refractivity contribution in [1.29, 1.82) is 0 Å². The molecule has 2 aliphatic carbocycles. The van der Waals surface area contributed by atoms with Crippen molar-refractivity contribution in [3.8, 4) is 0 Å². The van der Waals surface area contributed by atoms with E-state index in [1.54, 1.807) is 0 Å². The van der Waals surface area contributed by atoms with Gasteiger partial charge in [-0.25, -0.2) is 0 Å². The van der Waals surface area contributed by atoms with Crippen LogP contribution in [0.1, 0.15) is 58.8 Å². The molecular weight excluding hydrogens is 224 g/mol. The second-order valence-electron chi connectivity index (χ2n) is 7.27. The summed E-state index contributed by atoms with van der Waals surface area (Å²) >= 11 is 0. The Hall–Kier alpha value is -0.120. The Morgan fingerprint density at radius 2 is 1.83 bits per heavy atom.